The first-order chi connectivity index (χ1) is 8.97. The number of aliphatic hydroxyl groups is 1. The highest BCUT2D eigenvalue weighted by Crippen LogP contribution is 2.25. The molecule has 2 aromatic rings. The summed E-state index contributed by atoms with van der Waals surface area (Å²) < 4.78 is 27.3. The molecule has 19 heavy (non-hydrogen) atoms. The van der Waals surface area contributed by atoms with Crippen LogP contribution in [0.2, 0.25) is 5.02 Å². The van der Waals surface area contributed by atoms with Crippen LogP contribution in [0.4, 0.5) is 8.78 Å². The van der Waals surface area contributed by atoms with Gasteiger partial charge in [-0.15, -0.1) is 0 Å². The highest BCUT2D eigenvalue weighted by molar-refractivity contribution is 9.10. The second-order valence-electron chi connectivity index (χ2n) is 4.13. The molecular formula is C14H10BrClF2O. The fourth-order valence-corrected chi connectivity index (χ4v) is 2.14. The zero-order valence-electron chi connectivity index (χ0n) is 9.71. The smallest absolute Gasteiger partial charge is 0.137 e. The van der Waals surface area contributed by atoms with Crippen LogP contribution in [0.1, 0.15) is 17.2 Å². The maximum Gasteiger partial charge on any atom is 0.137 e. The van der Waals surface area contributed by atoms with E-state index in [9.17, 15) is 13.9 Å². The van der Waals surface area contributed by atoms with Crippen LogP contribution < -0.4 is 0 Å². The minimum Gasteiger partial charge on any atom is -0.388 e. The summed E-state index contributed by atoms with van der Waals surface area (Å²) in [5.74, 6) is -0.947. The Morgan fingerprint density at radius 2 is 1.84 bits per heavy atom. The lowest BCUT2D eigenvalue weighted by atomic mass is 10.0. The number of rotatable bonds is 3. The van der Waals surface area contributed by atoms with Crippen LogP contribution in [0, 0.1) is 11.6 Å². The third-order valence-electron chi connectivity index (χ3n) is 2.76. The van der Waals surface area contributed by atoms with E-state index in [4.69, 9.17) is 11.6 Å². The van der Waals surface area contributed by atoms with Crippen molar-refractivity contribution in [2.45, 2.75) is 12.5 Å². The van der Waals surface area contributed by atoms with Gasteiger partial charge in [0.15, 0.2) is 0 Å². The van der Waals surface area contributed by atoms with Crippen LogP contribution >= 0.6 is 27.5 Å². The summed E-state index contributed by atoms with van der Waals surface area (Å²) in [5.41, 5.74) is 0.732. The highest BCUT2D eigenvalue weighted by Gasteiger charge is 2.13. The van der Waals surface area contributed by atoms with E-state index in [0.717, 1.165) is 0 Å². The van der Waals surface area contributed by atoms with E-state index in [0.29, 0.717) is 20.6 Å². The molecule has 0 aromatic heterocycles. The molecule has 0 fully saturated rings. The van der Waals surface area contributed by atoms with Crippen LogP contribution in [0.15, 0.2) is 40.9 Å². The Labute approximate surface area is 123 Å². The van der Waals surface area contributed by atoms with Crippen molar-refractivity contribution < 1.29 is 13.9 Å². The van der Waals surface area contributed by atoms with Gasteiger partial charge < -0.3 is 5.11 Å². The summed E-state index contributed by atoms with van der Waals surface area (Å²) in [5, 5.41) is 10.3. The summed E-state index contributed by atoms with van der Waals surface area (Å²) in [6, 6.07) is 8.57. The average molecular weight is 348 g/mol. The van der Waals surface area contributed by atoms with Crippen molar-refractivity contribution in [1.82, 2.24) is 0 Å². The van der Waals surface area contributed by atoms with Crippen molar-refractivity contribution in [3.63, 3.8) is 0 Å². The molecule has 1 N–H and O–H groups in total. The van der Waals surface area contributed by atoms with E-state index < -0.39 is 17.7 Å². The third-order valence-corrected chi connectivity index (χ3v) is 3.64. The zero-order valence-corrected chi connectivity index (χ0v) is 12.0. The SMILES string of the molecule is OC(Cc1ccc(Cl)cc1F)c1ccc(Br)c(F)c1. The molecule has 0 aliphatic rings. The molecule has 0 bridgehead atoms. The van der Waals surface area contributed by atoms with E-state index in [1.165, 1.54) is 24.3 Å². The first-order valence-electron chi connectivity index (χ1n) is 5.54. The Morgan fingerprint density at radius 3 is 2.47 bits per heavy atom. The topological polar surface area (TPSA) is 20.2 Å². The fourth-order valence-electron chi connectivity index (χ4n) is 1.73. The normalized spacial score (nSPS) is 12.5. The van der Waals surface area contributed by atoms with Gasteiger partial charge in [-0.25, -0.2) is 8.78 Å². The summed E-state index contributed by atoms with van der Waals surface area (Å²) in [6.45, 7) is 0. The summed E-state index contributed by atoms with van der Waals surface area (Å²) >= 11 is 8.68. The Hall–Kier alpha value is -0.970. The molecule has 0 aliphatic heterocycles. The molecule has 0 aliphatic carbocycles. The number of halogens is 4. The van der Waals surface area contributed by atoms with Crippen LogP contribution in [-0.2, 0) is 6.42 Å². The molecule has 2 aromatic carbocycles. The Balaban J connectivity index is 2.20. The number of hydrogen-bond donors (Lipinski definition) is 1. The molecule has 0 amide bonds. The van der Waals surface area contributed by atoms with Crippen molar-refractivity contribution in [2.24, 2.45) is 0 Å². The summed E-state index contributed by atoms with van der Waals surface area (Å²) in [6.07, 6.45) is -0.914. The van der Waals surface area contributed by atoms with Gasteiger partial charge in [0.1, 0.15) is 11.6 Å². The standard InChI is InChI=1S/C14H10BrClF2O/c15-11-4-2-9(5-13(11)18)14(19)6-8-1-3-10(16)7-12(8)17/h1-5,7,14,19H,6H2. The van der Waals surface area contributed by atoms with Gasteiger partial charge in [0.2, 0.25) is 0 Å². The van der Waals surface area contributed by atoms with Crippen LogP contribution in [0.5, 0.6) is 0 Å². The minimum absolute atomic E-state index is 0.0596. The lowest BCUT2D eigenvalue weighted by Crippen LogP contribution is -2.04. The van der Waals surface area contributed by atoms with Gasteiger partial charge in [-0.2, -0.15) is 0 Å². The van der Waals surface area contributed by atoms with Crippen LogP contribution in [0.25, 0.3) is 0 Å². The maximum absolute atomic E-state index is 13.6. The van der Waals surface area contributed by atoms with Gasteiger partial charge in [0, 0.05) is 11.4 Å². The third kappa shape index (κ3) is 3.53. The molecule has 0 heterocycles. The maximum atomic E-state index is 13.6. The second-order valence-corrected chi connectivity index (χ2v) is 5.42. The number of hydrogen-bond acceptors (Lipinski definition) is 1. The minimum atomic E-state index is -0.974. The molecule has 0 saturated heterocycles. The zero-order chi connectivity index (χ0) is 14.0. The predicted molar refractivity (Wildman–Crippen MR) is 74.2 cm³/mol. The van der Waals surface area contributed by atoms with Gasteiger partial charge in [-0.3, -0.25) is 0 Å². The number of benzene rings is 2. The van der Waals surface area contributed by atoms with Crippen molar-refractivity contribution in [1.29, 1.82) is 0 Å². The average Bonchev–Trinajstić information content (AvgIpc) is 2.36. The molecule has 2 rings (SSSR count). The molecule has 1 atom stereocenters. The highest BCUT2D eigenvalue weighted by atomic mass is 79.9. The monoisotopic (exact) mass is 346 g/mol. The van der Waals surface area contributed by atoms with Crippen LogP contribution in [0.3, 0.4) is 0 Å². The van der Waals surface area contributed by atoms with Crippen LogP contribution in [-0.4, -0.2) is 5.11 Å². The largest absolute Gasteiger partial charge is 0.388 e. The summed E-state index contributed by atoms with van der Waals surface area (Å²) in [4.78, 5) is 0. The molecule has 1 unspecified atom stereocenters. The van der Waals surface area contributed by atoms with Gasteiger partial charge in [-0.05, 0) is 51.3 Å². The number of aliphatic hydroxyl groups excluding tert-OH is 1. The lowest BCUT2D eigenvalue weighted by molar-refractivity contribution is 0.176. The van der Waals surface area contributed by atoms with E-state index in [2.05, 4.69) is 15.9 Å². The van der Waals surface area contributed by atoms with Crippen molar-refractivity contribution in [3.05, 3.63) is 68.7 Å². The Morgan fingerprint density at radius 1 is 1.11 bits per heavy atom. The molecule has 100 valence electrons. The molecule has 0 spiro atoms. The molecule has 0 radical (unpaired) electrons. The van der Waals surface area contributed by atoms with Gasteiger partial charge in [0.25, 0.3) is 0 Å². The van der Waals surface area contributed by atoms with E-state index in [-0.39, 0.29) is 6.42 Å². The van der Waals surface area contributed by atoms with Crippen molar-refractivity contribution in [2.75, 3.05) is 0 Å². The molecular weight excluding hydrogens is 338 g/mol. The van der Waals surface area contributed by atoms with Crippen molar-refractivity contribution in [3.8, 4) is 0 Å². The predicted octanol–water partition coefficient (Wildman–Crippen LogP) is 4.66. The van der Waals surface area contributed by atoms with Gasteiger partial charge >= 0.3 is 0 Å². The molecule has 1 nitrogen and oxygen atoms in total. The van der Waals surface area contributed by atoms with E-state index >= 15 is 0 Å². The molecule has 5 heteroatoms. The quantitative estimate of drug-likeness (QED) is 0.856. The second kappa shape index (κ2) is 5.99. The molecule has 0 saturated carbocycles. The Kier molecular flexibility index (Phi) is 4.55. The van der Waals surface area contributed by atoms with Gasteiger partial charge in [0.05, 0.1) is 10.6 Å². The first-order valence-corrected chi connectivity index (χ1v) is 6.71. The van der Waals surface area contributed by atoms with E-state index in [1.54, 1.807) is 12.1 Å². The summed E-state index contributed by atoms with van der Waals surface area (Å²) in [7, 11) is 0. The lowest BCUT2D eigenvalue weighted by Gasteiger charge is -2.12. The first kappa shape index (κ1) is 14.4. The fraction of sp³-hybridized carbons (Fsp3) is 0.143. The van der Waals surface area contributed by atoms with Gasteiger partial charge in [-0.1, -0.05) is 23.7 Å². The van der Waals surface area contributed by atoms with Crippen molar-refractivity contribution >= 4 is 27.5 Å². The Bertz CT molecular complexity index is 604. The van der Waals surface area contributed by atoms with E-state index in [1.807, 2.05) is 0 Å².